The van der Waals surface area contributed by atoms with Gasteiger partial charge in [0.05, 0.1) is 5.56 Å². The number of amides is 2. The molecule has 1 atom stereocenters. The van der Waals surface area contributed by atoms with Crippen LogP contribution >= 0.6 is 11.3 Å². The molecule has 0 fully saturated rings. The van der Waals surface area contributed by atoms with Gasteiger partial charge in [-0.2, -0.15) is 0 Å². The van der Waals surface area contributed by atoms with Crippen molar-refractivity contribution in [2.24, 2.45) is 5.92 Å². The zero-order chi connectivity index (χ0) is 21.1. The number of fused-ring (bicyclic) bond motifs is 1. The molecule has 6 heteroatoms. The summed E-state index contributed by atoms with van der Waals surface area (Å²) in [5, 5.41) is 6.30. The lowest BCUT2D eigenvalue weighted by atomic mass is 9.88. The highest BCUT2D eigenvalue weighted by atomic mass is 32.1. The Balaban J connectivity index is 1.53. The van der Waals surface area contributed by atoms with Crippen LogP contribution in [0.15, 0.2) is 54.6 Å². The molecule has 2 amide bonds. The van der Waals surface area contributed by atoms with E-state index in [0.717, 1.165) is 30.6 Å². The minimum Gasteiger partial charge on any atom is -0.457 e. The van der Waals surface area contributed by atoms with Crippen molar-refractivity contribution in [1.29, 1.82) is 0 Å². The maximum atomic E-state index is 12.8. The Bertz CT molecular complexity index is 1060. The highest BCUT2D eigenvalue weighted by Crippen LogP contribution is 2.39. The van der Waals surface area contributed by atoms with Gasteiger partial charge in [-0.1, -0.05) is 25.1 Å². The first kappa shape index (κ1) is 20.2. The third-order valence-electron chi connectivity index (χ3n) is 5.29. The highest BCUT2D eigenvalue weighted by Gasteiger charge is 2.28. The molecule has 0 spiro atoms. The summed E-state index contributed by atoms with van der Waals surface area (Å²) in [4.78, 5) is 26.6. The number of nitrogens with one attached hydrogen (secondary N) is 2. The van der Waals surface area contributed by atoms with Gasteiger partial charge in [0, 0.05) is 17.5 Å². The van der Waals surface area contributed by atoms with Crippen molar-refractivity contribution in [2.75, 3.05) is 12.4 Å². The lowest BCUT2D eigenvalue weighted by Crippen LogP contribution is -2.22. The highest BCUT2D eigenvalue weighted by molar-refractivity contribution is 7.17. The monoisotopic (exact) mass is 420 g/mol. The second-order valence-electron chi connectivity index (χ2n) is 7.53. The largest absolute Gasteiger partial charge is 0.457 e. The van der Waals surface area contributed by atoms with E-state index in [1.54, 1.807) is 31.3 Å². The van der Waals surface area contributed by atoms with Gasteiger partial charge >= 0.3 is 0 Å². The molecule has 1 aliphatic rings. The van der Waals surface area contributed by atoms with Crippen LogP contribution in [0.2, 0.25) is 0 Å². The van der Waals surface area contributed by atoms with E-state index >= 15 is 0 Å². The number of rotatable bonds is 5. The van der Waals surface area contributed by atoms with Crippen molar-refractivity contribution >= 4 is 28.2 Å². The molecule has 0 saturated heterocycles. The van der Waals surface area contributed by atoms with Gasteiger partial charge in [-0.05, 0) is 67.1 Å². The van der Waals surface area contributed by atoms with E-state index in [1.807, 2.05) is 30.3 Å². The number of para-hydroxylation sites is 1. The maximum absolute atomic E-state index is 12.8. The van der Waals surface area contributed by atoms with Crippen LogP contribution < -0.4 is 15.4 Å². The minimum atomic E-state index is -0.238. The van der Waals surface area contributed by atoms with Crippen molar-refractivity contribution in [3.05, 3.63) is 76.2 Å². The van der Waals surface area contributed by atoms with E-state index in [1.165, 1.54) is 16.2 Å². The van der Waals surface area contributed by atoms with Crippen molar-refractivity contribution in [1.82, 2.24) is 5.32 Å². The topological polar surface area (TPSA) is 67.4 Å². The van der Waals surface area contributed by atoms with Crippen LogP contribution in [0.3, 0.4) is 0 Å². The lowest BCUT2D eigenvalue weighted by Gasteiger charge is -2.18. The Morgan fingerprint density at radius 2 is 1.70 bits per heavy atom. The molecule has 1 heterocycles. The second-order valence-corrected chi connectivity index (χ2v) is 8.63. The smallest absolute Gasteiger partial charge is 0.256 e. The fourth-order valence-corrected chi connectivity index (χ4v) is 5.08. The van der Waals surface area contributed by atoms with Crippen LogP contribution in [0.1, 0.15) is 44.5 Å². The molecule has 0 saturated carbocycles. The summed E-state index contributed by atoms with van der Waals surface area (Å²) < 4.78 is 5.78. The zero-order valence-corrected chi connectivity index (χ0v) is 17.8. The van der Waals surface area contributed by atoms with Gasteiger partial charge in [0.1, 0.15) is 16.5 Å². The van der Waals surface area contributed by atoms with Crippen molar-refractivity contribution in [3.63, 3.8) is 0 Å². The van der Waals surface area contributed by atoms with E-state index < -0.39 is 0 Å². The number of hydrogen-bond donors (Lipinski definition) is 2. The lowest BCUT2D eigenvalue weighted by molar-refractivity contribution is 0.0963. The fourth-order valence-electron chi connectivity index (χ4n) is 3.68. The Labute approximate surface area is 180 Å². The number of carbonyl (C=O) groups excluding carboxylic acids is 2. The first-order valence-electron chi connectivity index (χ1n) is 10.1. The summed E-state index contributed by atoms with van der Waals surface area (Å²) in [5.41, 5.74) is 2.21. The summed E-state index contributed by atoms with van der Waals surface area (Å²) >= 11 is 1.52. The predicted octanol–water partition coefficient (Wildman–Crippen LogP) is 5.28. The molecule has 5 nitrogen and oxygen atoms in total. The summed E-state index contributed by atoms with van der Waals surface area (Å²) in [6.07, 6.45) is 2.88. The van der Waals surface area contributed by atoms with Crippen LogP contribution in [0.5, 0.6) is 11.5 Å². The summed E-state index contributed by atoms with van der Waals surface area (Å²) in [5.74, 6) is 1.60. The Morgan fingerprint density at radius 3 is 2.40 bits per heavy atom. The van der Waals surface area contributed by atoms with Gasteiger partial charge in [0.25, 0.3) is 11.8 Å². The number of carbonyl (C=O) groups is 2. The van der Waals surface area contributed by atoms with Gasteiger partial charge in [-0.3, -0.25) is 9.59 Å². The van der Waals surface area contributed by atoms with Gasteiger partial charge in [-0.25, -0.2) is 0 Å². The van der Waals surface area contributed by atoms with Crippen LogP contribution in [0, 0.1) is 5.92 Å². The molecular weight excluding hydrogens is 396 g/mol. The van der Waals surface area contributed by atoms with E-state index in [2.05, 4.69) is 17.6 Å². The Hall–Kier alpha value is -3.12. The number of ether oxygens (including phenoxy) is 1. The molecule has 154 valence electrons. The molecule has 1 aromatic heterocycles. The van der Waals surface area contributed by atoms with E-state index in [0.29, 0.717) is 27.8 Å². The second kappa shape index (κ2) is 8.71. The van der Waals surface area contributed by atoms with Crippen LogP contribution in [-0.4, -0.2) is 18.9 Å². The van der Waals surface area contributed by atoms with E-state index in [-0.39, 0.29) is 11.8 Å². The molecule has 0 bridgehead atoms. The molecule has 4 rings (SSSR count). The molecule has 1 aliphatic carbocycles. The summed E-state index contributed by atoms with van der Waals surface area (Å²) in [7, 11) is 1.62. The predicted molar refractivity (Wildman–Crippen MR) is 120 cm³/mol. The molecule has 30 heavy (non-hydrogen) atoms. The molecule has 2 aromatic carbocycles. The third-order valence-corrected chi connectivity index (χ3v) is 6.46. The molecule has 0 radical (unpaired) electrons. The Kier molecular flexibility index (Phi) is 5.86. The first-order valence-corrected chi connectivity index (χ1v) is 10.9. The fraction of sp³-hybridized carbons (Fsp3) is 0.250. The summed E-state index contributed by atoms with van der Waals surface area (Å²) in [6, 6.07) is 16.5. The average Bonchev–Trinajstić information content (AvgIpc) is 3.11. The quantitative estimate of drug-likeness (QED) is 0.590. The van der Waals surface area contributed by atoms with Gasteiger partial charge in [0.15, 0.2) is 0 Å². The molecule has 2 N–H and O–H groups in total. The standard InChI is InChI=1S/C24H24N2O3S/c1-15-8-13-19-20(14-15)30-24(21(19)23(28)25-2)26-22(27)16-9-11-18(12-10-16)29-17-6-4-3-5-7-17/h3-7,9-12,15H,8,13-14H2,1-2H3,(H,25,28)(H,26,27)/t15-/m0/s1. The number of hydrogen-bond acceptors (Lipinski definition) is 4. The number of benzene rings is 2. The molecule has 0 unspecified atom stereocenters. The minimum absolute atomic E-state index is 0.149. The summed E-state index contributed by atoms with van der Waals surface area (Å²) in [6.45, 7) is 2.22. The number of thiophene rings is 1. The van der Waals surface area contributed by atoms with Gasteiger partial charge in [0.2, 0.25) is 0 Å². The third kappa shape index (κ3) is 4.24. The zero-order valence-electron chi connectivity index (χ0n) is 17.0. The molecule has 3 aromatic rings. The van der Waals surface area contributed by atoms with Crippen LogP contribution in [-0.2, 0) is 12.8 Å². The molecule has 0 aliphatic heterocycles. The van der Waals surface area contributed by atoms with Gasteiger partial charge < -0.3 is 15.4 Å². The maximum Gasteiger partial charge on any atom is 0.256 e. The van der Waals surface area contributed by atoms with Crippen molar-refractivity contribution in [2.45, 2.75) is 26.2 Å². The first-order chi connectivity index (χ1) is 14.5. The van der Waals surface area contributed by atoms with Gasteiger partial charge in [-0.15, -0.1) is 11.3 Å². The average molecular weight is 421 g/mol. The van der Waals surface area contributed by atoms with Crippen LogP contribution in [0.4, 0.5) is 5.00 Å². The molecular formula is C24H24N2O3S. The Morgan fingerprint density at radius 1 is 1.00 bits per heavy atom. The SMILES string of the molecule is CNC(=O)c1c(NC(=O)c2ccc(Oc3ccccc3)cc2)sc2c1CC[C@H](C)C2. The van der Waals surface area contributed by atoms with Crippen LogP contribution in [0.25, 0.3) is 0 Å². The van der Waals surface area contributed by atoms with Crippen molar-refractivity contribution in [3.8, 4) is 11.5 Å². The van der Waals surface area contributed by atoms with E-state index in [9.17, 15) is 9.59 Å². The van der Waals surface area contributed by atoms with Crippen molar-refractivity contribution < 1.29 is 14.3 Å². The van der Waals surface area contributed by atoms with E-state index in [4.69, 9.17) is 4.74 Å². The number of anilines is 1. The normalized spacial score (nSPS) is 15.2.